The zero-order chi connectivity index (χ0) is 19.6. The maximum absolute atomic E-state index is 10.9. The van der Waals surface area contributed by atoms with E-state index < -0.39 is 16.9 Å². The summed E-state index contributed by atoms with van der Waals surface area (Å²) in [6.45, 7) is 3.25. The Balaban J connectivity index is 1.78. The molecule has 0 aliphatic rings. The van der Waals surface area contributed by atoms with Gasteiger partial charge in [-0.2, -0.15) is 9.67 Å². The summed E-state index contributed by atoms with van der Waals surface area (Å²) in [5.74, 6) is 0.280. The highest BCUT2D eigenvalue weighted by Crippen LogP contribution is 2.24. The molecule has 0 saturated heterocycles. The van der Waals surface area contributed by atoms with Crippen molar-refractivity contribution in [2.45, 2.75) is 19.9 Å². The molecule has 2 N–H and O–H groups in total. The highest BCUT2D eigenvalue weighted by molar-refractivity contribution is 5.75. The standard InChI is InChI=1S/C16H16N6O5/c1-9-7-14(22(24)25)19-21(9)10(2)16-18-15(20-27-16)11-3-5-12(6-4-11)26-8-13(17)23/h3-7,10H,8H2,1-2H3,(H2,17,23). The first kappa shape index (κ1) is 18.0. The lowest BCUT2D eigenvalue weighted by molar-refractivity contribution is -0.389. The maximum Gasteiger partial charge on any atom is 0.390 e. The topological polar surface area (TPSA) is 152 Å². The van der Waals surface area contributed by atoms with Crippen molar-refractivity contribution in [1.29, 1.82) is 0 Å². The number of hydrogen-bond donors (Lipinski definition) is 1. The van der Waals surface area contributed by atoms with Crippen molar-refractivity contribution in [3.8, 4) is 17.1 Å². The average Bonchev–Trinajstić information content (AvgIpc) is 3.27. The minimum Gasteiger partial charge on any atom is -0.484 e. The number of rotatable bonds is 7. The molecule has 2 aromatic heterocycles. The van der Waals surface area contributed by atoms with Crippen molar-refractivity contribution in [2.75, 3.05) is 6.61 Å². The number of ether oxygens (including phenoxy) is 1. The molecular formula is C16H16N6O5. The van der Waals surface area contributed by atoms with Crippen LogP contribution >= 0.6 is 0 Å². The van der Waals surface area contributed by atoms with Crippen molar-refractivity contribution in [3.63, 3.8) is 0 Å². The van der Waals surface area contributed by atoms with Gasteiger partial charge in [0.05, 0.1) is 16.9 Å². The lowest BCUT2D eigenvalue weighted by Crippen LogP contribution is -2.19. The molecule has 1 amide bonds. The number of nitro groups is 1. The van der Waals surface area contributed by atoms with Crippen molar-refractivity contribution in [1.82, 2.24) is 19.9 Å². The molecular weight excluding hydrogens is 356 g/mol. The molecule has 1 aromatic carbocycles. The first-order valence-electron chi connectivity index (χ1n) is 7.91. The summed E-state index contributed by atoms with van der Waals surface area (Å²) in [5.41, 5.74) is 6.30. The summed E-state index contributed by atoms with van der Waals surface area (Å²) < 4.78 is 11.9. The number of primary amides is 1. The Morgan fingerprint density at radius 1 is 1.41 bits per heavy atom. The molecule has 3 aromatic rings. The molecule has 3 rings (SSSR count). The van der Waals surface area contributed by atoms with Crippen LogP contribution < -0.4 is 10.5 Å². The molecule has 0 radical (unpaired) electrons. The third-order valence-corrected chi connectivity index (χ3v) is 3.76. The van der Waals surface area contributed by atoms with E-state index >= 15 is 0 Å². The minimum atomic E-state index is -0.565. The van der Waals surface area contributed by atoms with Gasteiger partial charge < -0.3 is 25.1 Å². The smallest absolute Gasteiger partial charge is 0.390 e. The Hall–Kier alpha value is -3.76. The Kier molecular flexibility index (Phi) is 4.83. The molecule has 27 heavy (non-hydrogen) atoms. The number of amides is 1. The Labute approximate surface area is 152 Å². The van der Waals surface area contributed by atoms with Crippen LogP contribution in [0.2, 0.25) is 0 Å². The van der Waals surface area contributed by atoms with Gasteiger partial charge in [0.25, 0.3) is 11.8 Å². The zero-order valence-corrected chi connectivity index (χ0v) is 14.5. The van der Waals surface area contributed by atoms with Crippen LogP contribution in [-0.4, -0.2) is 37.4 Å². The van der Waals surface area contributed by atoms with Gasteiger partial charge in [0.2, 0.25) is 5.82 Å². The second-order valence-corrected chi connectivity index (χ2v) is 5.76. The average molecular weight is 372 g/mol. The summed E-state index contributed by atoms with van der Waals surface area (Å²) in [4.78, 5) is 25.4. The highest BCUT2D eigenvalue weighted by atomic mass is 16.6. The summed E-state index contributed by atoms with van der Waals surface area (Å²) in [6.07, 6.45) is 0. The molecule has 0 fully saturated rings. The fourth-order valence-electron chi connectivity index (χ4n) is 2.43. The van der Waals surface area contributed by atoms with Gasteiger partial charge in [-0.1, -0.05) is 5.16 Å². The highest BCUT2D eigenvalue weighted by Gasteiger charge is 2.25. The van der Waals surface area contributed by atoms with Gasteiger partial charge in [-0.15, -0.1) is 0 Å². The molecule has 140 valence electrons. The van der Waals surface area contributed by atoms with E-state index in [9.17, 15) is 14.9 Å². The second-order valence-electron chi connectivity index (χ2n) is 5.76. The van der Waals surface area contributed by atoms with Gasteiger partial charge in [0, 0.05) is 5.56 Å². The fraction of sp³-hybridized carbons (Fsp3) is 0.250. The van der Waals surface area contributed by atoms with E-state index in [0.717, 1.165) is 0 Å². The van der Waals surface area contributed by atoms with Crippen molar-refractivity contribution in [3.05, 3.63) is 52.0 Å². The minimum absolute atomic E-state index is 0.210. The van der Waals surface area contributed by atoms with E-state index in [1.807, 2.05) is 0 Å². The number of carbonyl (C=O) groups excluding carboxylic acids is 1. The number of aromatic nitrogens is 4. The molecule has 0 saturated carbocycles. The number of hydrogen-bond acceptors (Lipinski definition) is 8. The molecule has 0 bridgehead atoms. The van der Waals surface area contributed by atoms with E-state index in [4.69, 9.17) is 15.0 Å². The predicted octanol–water partition coefficient (Wildman–Crippen LogP) is 1.62. The van der Waals surface area contributed by atoms with E-state index in [1.165, 1.54) is 10.7 Å². The van der Waals surface area contributed by atoms with Gasteiger partial charge in [-0.05, 0) is 43.0 Å². The molecule has 11 heteroatoms. The van der Waals surface area contributed by atoms with Gasteiger partial charge in [-0.25, -0.2) is 0 Å². The summed E-state index contributed by atoms with van der Waals surface area (Å²) >= 11 is 0. The monoisotopic (exact) mass is 372 g/mol. The van der Waals surface area contributed by atoms with Crippen molar-refractivity contribution < 1.29 is 19.0 Å². The van der Waals surface area contributed by atoms with E-state index in [0.29, 0.717) is 22.8 Å². The summed E-state index contributed by atoms with van der Waals surface area (Å²) in [7, 11) is 0. The second kappa shape index (κ2) is 7.23. The van der Waals surface area contributed by atoms with Crippen molar-refractivity contribution in [2.24, 2.45) is 5.73 Å². The third-order valence-electron chi connectivity index (χ3n) is 3.76. The zero-order valence-electron chi connectivity index (χ0n) is 14.5. The molecule has 0 spiro atoms. The first-order chi connectivity index (χ1) is 12.8. The normalized spacial score (nSPS) is 11.9. The van der Waals surface area contributed by atoms with Crippen LogP contribution in [0, 0.1) is 17.0 Å². The largest absolute Gasteiger partial charge is 0.484 e. The maximum atomic E-state index is 10.9. The third kappa shape index (κ3) is 3.92. The molecule has 0 aliphatic carbocycles. The summed E-state index contributed by atoms with van der Waals surface area (Å²) in [5, 5.41) is 18.8. The number of benzene rings is 1. The van der Waals surface area contributed by atoms with Crippen LogP contribution in [0.5, 0.6) is 5.75 Å². The van der Waals surface area contributed by atoms with Crippen LogP contribution in [0.4, 0.5) is 5.82 Å². The van der Waals surface area contributed by atoms with Crippen LogP contribution in [0.15, 0.2) is 34.9 Å². The molecule has 1 atom stereocenters. The van der Waals surface area contributed by atoms with Gasteiger partial charge in [0.1, 0.15) is 11.8 Å². The van der Waals surface area contributed by atoms with E-state index in [-0.39, 0.29) is 18.3 Å². The van der Waals surface area contributed by atoms with Crippen LogP contribution in [0.1, 0.15) is 24.6 Å². The first-order valence-corrected chi connectivity index (χ1v) is 7.91. The SMILES string of the molecule is Cc1cc([N+](=O)[O-])nn1C(C)c1nc(-c2ccc(OCC(N)=O)cc2)no1. The molecule has 11 nitrogen and oxygen atoms in total. The summed E-state index contributed by atoms with van der Waals surface area (Å²) in [6, 6.07) is 7.62. The van der Waals surface area contributed by atoms with Gasteiger partial charge >= 0.3 is 5.82 Å². The number of carbonyl (C=O) groups is 1. The van der Waals surface area contributed by atoms with Crippen LogP contribution in [0.25, 0.3) is 11.4 Å². The number of nitrogens with zero attached hydrogens (tertiary/aromatic N) is 5. The van der Waals surface area contributed by atoms with Crippen molar-refractivity contribution >= 4 is 11.7 Å². The number of aryl methyl sites for hydroxylation is 1. The Bertz CT molecular complexity index is 978. The lowest BCUT2D eigenvalue weighted by atomic mass is 10.2. The molecule has 1 unspecified atom stereocenters. The van der Waals surface area contributed by atoms with Gasteiger partial charge in [-0.3, -0.25) is 4.79 Å². The van der Waals surface area contributed by atoms with Crippen LogP contribution in [0.3, 0.4) is 0 Å². The van der Waals surface area contributed by atoms with E-state index in [2.05, 4.69) is 15.2 Å². The Morgan fingerprint density at radius 2 is 2.11 bits per heavy atom. The fourth-order valence-corrected chi connectivity index (χ4v) is 2.43. The van der Waals surface area contributed by atoms with Gasteiger partial charge in [0.15, 0.2) is 6.61 Å². The lowest BCUT2D eigenvalue weighted by Gasteiger charge is -2.04. The molecule has 0 aliphatic heterocycles. The Morgan fingerprint density at radius 3 is 2.70 bits per heavy atom. The van der Waals surface area contributed by atoms with E-state index in [1.54, 1.807) is 38.1 Å². The number of nitrogens with two attached hydrogens (primary N) is 1. The quantitative estimate of drug-likeness (QED) is 0.485. The molecule has 2 heterocycles. The van der Waals surface area contributed by atoms with Crippen LogP contribution in [-0.2, 0) is 4.79 Å². The predicted molar refractivity (Wildman–Crippen MR) is 91.9 cm³/mol.